The topological polar surface area (TPSA) is 130 Å². The van der Waals surface area contributed by atoms with Gasteiger partial charge in [0.2, 0.25) is 0 Å². The van der Waals surface area contributed by atoms with Crippen molar-refractivity contribution >= 4 is 23.8 Å². The van der Waals surface area contributed by atoms with Gasteiger partial charge in [-0.1, -0.05) is 43.4 Å². The number of ketones is 1. The summed E-state index contributed by atoms with van der Waals surface area (Å²) >= 11 is 0. The Bertz CT molecular complexity index is 1920. The number of benzene rings is 2. The van der Waals surface area contributed by atoms with Gasteiger partial charge in [0.05, 0.1) is 25.1 Å². The molecule has 0 unspecified atom stereocenters. The van der Waals surface area contributed by atoms with Crippen molar-refractivity contribution in [2.45, 2.75) is 108 Å². The molecule has 2 aromatic carbocycles. The van der Waals surface area contributed by atoms with E-state index in [0.717, 1.165) is 73.9 Å². The summed E-state index contributed by atoms with van der Waals surface area (Å²) in [5.74, 6) is 7.69. The summed E-state index contributed by atoms with van der Waals surface area (Å²) in [6.45, 7) is 4.20. The summed E-state index contributed by atoms with van der Waals surface area (Å²) in [5.41, 5.74) is 4.82. The molecule has 278 valence electrons. The molecule has 3 heterocycles. The zero-order chi connectivity index (χ0) is 37.4. The number of methoxy groups -OCH3 is 1. The first kappa shape index (κ1) is 37.7. The Morgan fingerprint density at radius 3 is 2.55 bits per heavy atom. The molecule has 1 aromatic heterocycles. The van der Waals surface area contributed by atoms with E-state index in [9.17, 15) is 19.8 Å². The van der Waals surface area contributed by atoms with Gasteiger partial charge in [0.15, 0.2) is 11.5 Å². The minimum absolute atomic E-state index is 0.0125. The van der Waals surface area contributed by atoms with Crippen molar-refractivity contribution in [3.63, 3.8) is 0 Å². The van der Waals surface area contributed by atoms with E-state index in [0.29, 0.717) is 24.6 Å². The molecule has 1 aliphatic carbocycles. The third kappa shape index (κ3) is 9.67. The predicted octanol–water partition coefficient (Wildman–Crippen LogP) is 8.41. The number of esters is 1. The molecular formula is C44H51N3O6. The van der Waals surface area contributed by atoms with Crippen molar-refractivity contribution in [1.29, 1.82) is 0 Å². The van der Waals surface area contributed by atoms with Gasteiger partial charge in [-0.05, 0) is 122 Å². The second kappa shape index (κ2) is 17.2. The Hall–Kier alpha value is -5.10. The highest BCUT2D eigenvalue weighted by molar-refractivity contribution is 5.83. The Morgan fingerprint density at radius 2 is 1.79 bits per heavy atom. The molecular weight excluding hydrogens is 666 g/mol. The first-order valence-corrected chi connectivity index (χ1v) is 19.0. The number of hydrogen-bond donors (Lipinski definition) is 3. The highest BCUT2D eigenvalue weighted by Crippen LogP contribution is 2.39. The number of anilines is 1. The van der Waals surface area contributed by atoms with Gasteiger partial charge in [0.25, 0.3) is 0 Å². The van der Waals surface area contributed by atoms with Crippen molar-refractivity contribution in [2.75, 3.05) is 19.0 Å². The summed E-state index contributed by atoms with van der Waals surface area (Å²) in [5, 5.41) is 24.6. The van der Waals surface area contributed by atoms with E-state index in [1.54, 1.807) is 24.3 Å². The lowest BCUT2D eigenvalue weighted by molar-refractivity contribution is -0.148. The summed E-state index contributed by atoms with van der Waals surface area (Å²) in [6, 6.07) is 16.8. The fourth-order valence-electron chi connectivity index (χ4n) is 8.08. The monoisotopic (exact) mass is 717 g/mol. The fraction of sp³-hybridized carbons (Fsp3) is 0.455. The molecule has 1 fully saturated rings. The van der Waals surface area contributed by atoms with Gasteiger partial charge < -0.3 is 25.0 Å². The van der Waals surface area contributed by atoms with Crippen LogP contribution in [0.25, 0.3) is 0 Å². The van der Waals surface area contributed by atoms with E-state index in [1.807, 2.05) is 24.5 Å². The Morgan fingerprint density at radius 1 is 0.981 bits per heavy atom. The maximum Gasteiger partial charge on any atom is 0.302 e. The second-order valence-corrected chi connectivity index (χ2v) is 14.8. The van der Waals surface area contributed by atoms with E-state index < -0.39 is 23.5 Å². The maximum absolute atomic E-state index is 13.9. The standard InChI is InChI=1S/C44H51N3O6/c1-4-30-10-12-39(53-29(2)48)26-38(50)21-32(31-11-13-41(51)42(24-31)52-3)14-18-44(16-5-6-17-44)47-43-25-34(15-19-46-43)40(33-8-7-9-37(49)22-33)23-36-28-45-27-35(36)20-30/h7-9,11,13,15,19,22,24-25,27,30,32,39-40,49,51H,4-6,10,12,16-17,20-21,23,26,28H2,1-3H3,(H,46,47)/t30-,32-,39+,40+/m0/s1. The molecule has 9 heteroatoms. The average Bonchev–Trinajstić information content (AvgIpc) is 3.79. The van der Waals surface area contributed by atoms with Gasteiger partial charge in [0, 0.05) is 38.1 Å². The van der Waals surface area contributed by atoms with Crippen molar-refractivity contribution in [2.24, 2.45) is 10.9 Å². The van der Waals surface area contributed by atoms with Crippen LogP contribution in [0.2, 0.25) is 0 Å². The number of phenolic OH excluding ortho intramolecular Hbond substituents is 2. The number of aliphatic imine (C=N–C) groups is 1. The number of phenols is 2. The molecule has 0 saturated heterocycles. The minimum Gasteiger partial charge on any atom is -0.508 e. The summed E-state index contributed by atoms with van der Waals surface area (Å²) in [7, 11) is 1.50. The Balaban J connectivity index is 1.44. The van der Waals surface area contributed by atoms with Crippen LogP contribution in [0.5, 0.6) is 17.2 Å². The number of nitrogens with one attached hydrogen (secondary N) is 1. The molecule has 53 heavy (non-hydrogen) atoms. The number of pyridine rings is 1. The lowest BCUT2D eigenvalue weighted by Crippen LogP contribution is -2.34. The van der Waals surface area contributed by atoms with E-state index in [4.69, 9.17) is 19.5 Å². The summed E-state index contributed by atoms with van der Waals surface area (Å²) < 4.78 is 11.2. The quantitative estimate of drug-likeness (QED) is 0.177. The van der Waals surface area contributed by atoms with Crippen molar-refractivity contribution in [3.8, 4) is 29.1 Å². The van der Waals surface area contributed by atoms with Gasteiger partial charge >= 0.3 is 5.97 Å². The number of hydrogen-bond acceptors (Lipinski definition) is 9. The van der Waals surface area contributed by atoms with E-state index in [1.165, 1.54) is 25.2 Å². The van der Waals surface area contributed by atoms with Crippen LogP contribution < -0.4 is 10.1 Å². The second-order valence-electron chi connectivity index (χ2n) is 14.8. The van der Waals surface area contributed by atoms with Crippen LogP contribution in [-0.4, -0.2) is 58.5 Å². The lowest BCUT2D eigenvalue weighted by Gasteiger charge is -2.27. The number of nitrogens with zero attached hydrogens (tertiary/aromatic N) is 2. The lowest BCUT2D eigenvalue weighted by atomic mass is 9.83. The molecule has 1 spiro atoms. The van der Waals surface area contributed by atoms with Crippen LogP contribution in [0, 0.1) is 17.8 Å². The zero-order valence-electron chi connectivity index (χ0n) is 31.1. The Kier molecular flexibility index (Phi) is 12.2. The highest BCUT2D eigenvalue weighted by atomic mass is 16.5. The zero-order valence-corrected chi connectivity index (χ0v) is 31.1. The molecule has 0 amide bonds. The van der Waals surface area contributed by atoms with E-state index in [2.05, 4.69) is 42.3 Å². The van der Waals surface area contributed by atoms with Gasteiger partial charge in [-0.25, -0.2) is 4.98 Å². The Labute approximate surface area is 312 Å². The summed E-state index contributed by atoms with van der Waals surface area (Å²) in [6.07, 6.45) is 11.1. The number of ether oxygens (including phenoxy) is 2. The number of Topliss-reactive ketones (excluding diaryl/α,β-unsaturated/α-hetero) is 1. The molecule has 6 rings (SSSR count). The van der Waals surface area contributed by atoms with Gasteiger partial charge in [-0.3, -0.25) is 14.6 Å². The fourth-order valence-corrected chi connectivity index (χ4v) is 8.08. The van der Waals surface area contributed by atoms with Crippen LogP contribution in [0.4, 0.5) is 5.82 Å². The smallest absolute Gasteiger partial charge is 0.302 e. The molecule has 1 saturated carbocycles. The third-order valence-electron chi connectivity index (χ3n) is 11.0. The van der Waals surface area contributed by atoms with E-state index >= 15 is 0 Å². The van der Waals surface area contributed by atoms with Gasteiger partial charge in [-0.2, -0.15) is 0 Å². The molecule has 9 nitrogen and oxygen atoms in total. The number of rotatable bonds is 5. The molecule has 3 aromatic rings. The molecule has 3 N–H and O–H groups in total. The molecule has 0 radical (unpaired) electrons. The highest BCUT2D eigenvalue weighted by Gasteiger charge is 2.33. The van der Waals surface area contributed by atoms with Crippen LogP contribution in [0.1, 0.15) is 113 Å². The molecule has 2 bridgehead atoms. The third-order valence-corrected chi connectivity index (χ3v) is 11.0. The molecule has 3 aliphatic rings. The van der Waals surface area contributed by atoms with Crippen LogP contribution >= 0.6 is 0 Å². The van der Waals surface area contributed by atoms with Gasteiger partial charge in [0.1, 0.15) is 23.5 Å². The maximum atomic E-state index is 13.9. The molecule has 4 atom stereocenters. The summed E-state index contributed by atoms with van der Waals surface area (Å²) in [4.78, 5) is 35.6. The normalized spacial score (nSPS) is 23.4. The van der Waals surface area contributed by atoms with Gasteiger partial charge in [-0.15, -0.1) is 0 Å². The predicted molar refractivity (Wildman–Crippen MR) is 207 cm³/mol. The van der Waals surface area contributed by atoms with Crippen molar-refractivity contribution < 1.29 is 29.3 Å². The van der Waals surface area contributed by atoms with Crippen molar-refractivity contribution in [1.82, 2.24) is 4.98 Å². The SMILES string of the molecule is CC[C@H]1CC[C@@H](OC(C)=O)CC(=O)C[C@@H](c2ccc(O)c(OC)c2)C#CC2(CCCC2)Nc2cc(ccn2)[C@@H](c2cccc(O)c2)CC2=C(C=NC2)C1. The van der Waals surface area contributed by atoms with Crippen molar-refractivity contribution in [3.05, 3.63) is 88.6 Å². The van der Waals surface area contributed by atoms with Crippen LogP contribution in [0.15, 0.2) is 76.9 Å². The number of aromatic nitrogens is 1. The minimum atomic E-state index is -0.556. The first-order chi connectivity index (χ1) is 25.6. The molecule has 2 aliphatic heterocycles. The van der Waals surface area contributed by atoms with E-state index in [-0.39, 0.29) is 36.0 Å². The number of carbonyl (C=O) groups excluding carboxylic acids is 2. The van der Waals surface area contributed by atoms with Crippen LogP contribution in [-0.2, 0) is 14.3 Å². The average molecular weight is 718 g/mol. The number of aromatic hydroxyl groups is 2. The number of allylic oxidation sites excluding steroid dienone is 1. The number of fused-ring (bicyclic) bond motifs is 2. The van der Waals surface area contributed by atoms with Crippen LogP contribution in [0.3, 0.4) is 0 Å². The first-order valence-electron chi connectivity index (χ1n) is 19.0. The number of carbonyl (C=O) groups is 2. The largest absolute Gasteiger partial charge is 0.508 e.